The van der Waals surface area contributed by atoms with Crippen LogP contribution in [0.4, 0.5) is 8.78 Å². The summed E-state index contributed by atoms with van der Waals surface area (Å²) in [6.45, 7) is -0.216. The topological polar surface area (TPSA) is 74.8 Å². The molecule has 0 unspecified atom stereocenters. The van der Waals surface area contributed by atoms with Gasteiger partial charge >= 0.3 is 5.76 Å². The number of rotatable bonds is 4. The molecule has 13 heavy (non-hydrogen) atoms. The molecule has 74 valence electrons. The summed E-state index contributed by atoms with van der Waals surface area (Å²) in [5.41, 5.74) is 0.421. The van der Waals surface area contributed by atoms with Crippen molar-refractivity contribution in [2.24, 2.45) is 0 Å². The lowest BCUT2D eigenvalue weighted by Crippen LogP contribution is -2.28. The molecule has 0 radical (unpaired) electrons. The van der Waals surface area contributed by atoms with Crippen molar-refractivity contribution in [3.05, 3.63) is 18.2 Å². The number of imidazole rings is 1. The molecule has 0 saturated heterocycles. The van der Waals surface area contributed by atoms with Gasteiger partial charge in [-0.15, -0.1) is 0 Å². The normalized spacial score (nSPS) is 12.2. The molecule has 0 atom stereocenters. The molecule has 0 aliphatic carbocycles. The van der Waals surface area contributed by atoms with Crippen LogP contribution in [0.15, 0.2) is 12.5 Å². The number of nitrogens with one attached hydrogen (secondary N) is 2. The van der Waals surface area contributed by atoms with E-state index in [1.54, 1.807) is 4.72 Å². The van der Waals surface area contributed by atoms with Crippen molar-refractivity contribution in [1.29, 1.82) is 0 Å². The number of hydrogen-bond donors (Lipinski definition) is 2. The van der Waals surface area contributed by atoms with Crippen LogP contribution in [0.25, 0.3) is 0 Å². The molecule has 0 aromatic carbocycles. The summed E-state index contributed by atoms with van der Waals surface area (Å²) in [5, 5.41) is 0. The summed E-state index contributed by atoms with van der Waals surface area (Å²) >= 11 is 0. The molecule has 0 aliphatic heterocycles. The van der Waals surface area contributed by atoms with Gasteiger partial charge in [0.15, 0.2) is 0 Å². The fourth-order valence-electron chi connectivity index (χ4n) is 0.623. The van der Waals surface area contributed by atoms with E-state index >= 15 is 0 Å². The van der Waals surface area contributed by atoms with Crippen molar-refractivity contribution < 1.29 is 17.2 Å². The average molecular weight is 211 g/mol. The van der Waals surface area contributed by atoms with Crippen LogP contribution in [0.2, 0.25) is 0 Å². The van der Waals surface area contributed by atoms with Crippen LogP contribution in [-0.4, -0.2) is 24.1 Å². The van der Waals surface area contributed by atoms with Crippen LogP contribution in [0.3, 0.4) is 0 Å². The lowest BCUT2D eigenvalue weighted by atomic mass is 10.5. The second-order valence-electron chi connectivity index (χ2n) is 2.20. The van der Waals surface area contributed by atoms with Gasteiger partial charge in [0.25, 0.3) is 10.0 Å². The van der Waals surface area contributed by atoms with Gasteiger partial charge in [0.1, 0.15) is 0 Å². The maximum atomic E-state index is 11.8. The first kappa shape index (κ1) is 10.1. The third-order valence-electron chi connectivity index (χ3n) is 1.25. The number of hydrogen-bond acceptors (Lipinski definition) is 3. The van der Waals surface area contributed by atoms with Crippen LogP contribution in [0.5, 0.6) is 0 Å². The zero-order valence-corrected chi connectivity index (χ0v) is 7.18. The van der Waals surface area contributed by atoms with E-state index < -0.39 is 15.8 Å². The van der Waals surface area contributed by atoms with Crippen LogP contribution in [-0.2, 0) is 16.6 Å². The summed E-state index contributed by atoms with van der Waals surface area (Å²) in [6.07, 6.45) is 2.67. The molecule has 1 aromatic rings. The number of aromatic amines is 1. The lowest BCUT2D eigenvalue weighted by Gasteiger charge is -2.02. The maximum absolute atomic E-state index is 11.8. The Morgan fingerprint density at radius 2 is 2.31 bits per heavy atom. The average Bonchev–Trinajstić information content (AvgIpc) is 2.52. The van der Waals surface area contributed by atoms with Crippen molar-refractivity contribution in [2.45, 2.75) is 12.3 Å². The van der Waals surface area contributed by atoms with E-state index in [-0.39, 0.29) is 6.54 Å². The zero-order valence-electron chi connectivity index (χ0n) is 6.37. The predicted octanol–water partition coefficient (Wildman–Crippen LogP) is 0.0517. The van der Waals surface area contributed by atoms with Gasteiger partial charge in [0.2, 0.25) is 0 Å². The number of sulfonamides is 1. The Morgan fingerprint density at radius 1 is 1.62 bits per heavy atom. The summed E-state index contributed by atoms with van der Waals surface area (Å²) in [6, 6.07) is 0. The van der Waals surface area contributed by atoms with Gasteiger partial charge in [-0.1, -0.05) is 0 Å². The molecule has 0 fully saturated rings. The van der Waals surface area contributed by atoms with Gasteiger partial charge in [-0.05, 0) is 0 Å². The van der Waals surface area contributed by atoms with Gasteiger partial charge in [-0.2, -0.15) is 8.78 Å². The largest absolute Gasteiger partial charge is 0.350 e. The molecular formula is C5H7F2N3O2S. The molecule has 5 nitrogen and oxygen atoms in total. The van der Waals surface area contributed by atoms with Crippen molar-refractivity contribution in [1.82, 2.24) is 14.7 Å². The highest BCUT2D eigenvalue weighted by Crippen LogP contribution is 2.02. The Bertz CT molecular complexity index is 348. The first-order valence-corrected chi connectivity index (χ1v) is 4.81. The number of nitrogens with zero attached hydrogens (tertiary/aromatic N) is 1. The Labute approximate surface area is 73.2 Å². The minimum atomic E-state index is -4.51. The quantitative estimate of drug-likeness (QED) is 0.739. The molecule has 2 N–H and O–H groups in total. The number of alkyl halides is 2. The smallest absolute Gasteiger partial charge is 0.347 e. The van der Waals surface area contributed by atoms with Gasteiger partial charge < -0.3 is 4.98 Å². The van der Waals surface area contributed by atoms with Crippen molar-refractivity contribution in [3.63, 3.8) is 0 Å². The Balaban J connectivity index is 2.53. The molecule has 1 aromatic heterocycles. The maximum Gasteiger partial charge on any atom is 0.350 e. The van der Waals surface area contributed by atoms with E-state index in [0.717, 1.165) is 0 Å². The highest BCUT2D eigenvalue weighted by molar-refractivity contribution is 7.89. The first-order chi connectivity index (χ1) is 6.02. The fraction of sp³-hybridized carbons (Fsp3) is 0.400. The van der Waals surface area contributed by atoms with Crippen molar-refractivity contribution in [3.8, 4) is 0 Å². The molecule has 0 bridgehead atoms. The van der Waals surface area contributed by atoms with Gasteiger partial charge in [-0.25, -0.2) is 18.1 Å². The van der Waals surface area contributed by atoms with Crippen LogP contribution in [0, 0.1) is 0 Å². The fourth-order valence-corrected chi connectivity index (χ4v) is 1.11. The summed E-state index contributed by atoms with van der Waals surface area (Å²) in [4.78, 5) is 6.16. The summed E-state index contributed by atoms with van der Waals surface area (Å²) in [7, 11) is -4.51. The van der Waals surface area contributed by atoms with Crippen molar-refractivity contribution >= 4 is 10.0 Å². The Morgan fingerprint density at radius 3 is 2.77 bits per heavy atom. The molecule has 1 rings (SSSR count). The third-order valence-corrected chi connectivity index (χ3v) is 2.27. The highest BCUT2D eigenvalue weighted by Gasteiger charge is 2.22. The minimum absolute atomic E-state index is 0.216. The van der Waals surface area contributed by atoms with Gasteiger partial charge in [0.05, 0.1) is 12.9 Å². The Hall–Kier alpha value is -1.02. The van der Waals surface area contributed by atoms with E-state index in [0.29, 0.717) is 5.69 Å². The molecule has 0 spiro atoms. The molecule has 0 amide bonds. The highest BCUT2D eigenvalue weighted by atomic mass is 32.2. The molecule has 8 heteroatoms. The second-order valence-corrected chi connectivity index (χ2v) is 3.94. The standard InChI is InChI=1S/C5H7F2N3O2S/c6-5(7)13(11,12)10-2-4-1-8-3-9-4/h1,3,5,10H,2H2,(H,8,9). The van der Waals surface area contributed by atoms with Crippen LogP contribution in [0.1, 0.15) is 5.69 Å². The van der Waals surface area contributed by atoms with E-state index in [1.165, 1.54) is 12.5 Å². The Kier molecular flexibility index (Phi) is 2.94. The van der Waals surface area contributed by atoms with Gasteiger partial charge in [-0.3, -0.25) is 0 Å². The third kappa shape index (κ3) is 2.74. The molecular weight excluding hydrogens is 204 g/mol. The van der Waals surface area contributed by atoms with E-state index in [4.69, 9.17) is 0 Å². The summed E-state index contributed by atoms with van der Waals surface area (Å²) in [5.74, 6) is -3.41. The predicted molar refractivity (Wildman–Crippen MR) is 40.4 cm³/mol. The molecule has 1 heterocycles. The van der Waals surface area contributed by atoms with Crippen LogP contribution < -0.4 is 4.72 Å². The van der Waals surface area contributed by atoms with E-state index in [2.05, 4.69) is 9.97 Å². The summed E-state index contributed by atoms with van der Waals surface area (Å²) < 4.78 is 46.3. The number of aromatic nitrogens is 2. The molecule has 0 saturated carbocycles. The second kappa shape index (κ2) is 3.79. The molecule has 0 aliphatic rings. The number of H-pyrrole nitrogens is 1. The minimum Gasteiger partial charge on any atom is -0.347 e. The first-order valence-electron chi connectivity index (χ1n) is 3.26. The SMILES string of the molecule is O=S(=O)(NCc1cnc[nH]1)C(F)F. The number of halogens is 2. The van der Waals surface area contributed by atoms with Crippen molar-refractivity contribution in [2.75, 3.05) is 0 Å². The van der Waals surface area contributed by atoms with Crippen LogP contribution >= 0.6 is 0 Å². The zero-order chi connectivity index (χ0) is 9.90. The lowest BCUT2D eigenvalue weighted by molar-refractivity contribution is 0.232. The van der Waals surface area contributed by atoms with E-state index in [1.807, 2.05) is 0 Å². The van der Waals surface area contributed by atoms with E-state index in [9.17, 15) is 17.2 Å². The monoisotopic (exact) mass is 211 g/mol. The van der Waals surface area contributed by atoms with Gasteiger partial charge in [0, 0.05) is 11.9 Å².